The van der Waals surface area contributed by atoms with Gasteiger partial charge in [0, 0.05) is 21.4 Å². The molecule has 0 saturated carbocycles. The van der Waals surface area contributed by atoms with Crippen LogP contribution in [0.15, 0.2) is 119 Å². The van der Waals surface area contributed by atoms with Crippen LogP contribution in [0.5, 0.6) is 0 Å². The SMILES string of the molecule is Fc1ccc(C#Cc2c(Sc3ccccc3)nc3ccccc3c2-c2ccccc2)cc1. The van der Waals surface area contributed by atoms with Gasteiger partial charge in [0.1, 0.15) is 10.8 Å². The lowest BCUT2D eigenvalue weighted by Gasteiger charge is -2.14. The Morgan fingerprint density at radius 1 is 0.656 bits per heavy atom. The fourth-order valence-corrected chi connectivity index (χ4v) is 4.47. The Morgan fingerprint density at radius 3 is 2.06 bits per heavy atom. The predicted molar refractivity (Wildman–Crippen MR) is 130 cm³/mol. The molecule has 0 bridgehead atoms. The number of rotatable bonds is 3. The van der Waals surface area contributed by atoms with E-state index in [4.69, 9.17) is 4.98 Å². The van der Waals surface area contributed by atoms with Gasteiger partial charge in [-0.25, -0.2) is 9.37 Å². The largest absolute Gasteiger partial charge is 0.240 e. The van der Waals surface area contributed by atoms with Crippen LogP contribution in [-0.4, -0.2) is 4.98 Å². The van der Waals surface area contributed by atoms with Crippen LogP contribution >= 0.6 is 11.8 Å². The monoisotopic (exact) mass is 431 g/mol. The zero-order chi connectivity index (χ0) is 21.8. The van der Waals surface area contributed by atoms with Gasteiger partial charge in [0.2, 0.25) is 0 Å². The summed E-state index contributed by atoms with van der Waals surface area (Å²) in [6, 6.07) is 34.9. The van der Waals surface area contributed by atoms with Crippen molar-refractivity contribution >= 4 is 22.7 Å². The molecule has 0 aliphatic rings. The summed E-state index contributed by atoms with van der Waals surface area (Å²) in [4.78, 5) is 6.08. The van der Waals surface area contributed by atoms with Crippen molar-refractivity contribution in [1.29, 1.82) is 0 Å². The molecule has 5 rings (SSSR count). The van der Waals surface area contributed by atoms with E-state index in [1.165, 1.54) is 12.1 Å². The molecule has 0 atom stereocenters. The van der Waals surface area contributed by atoms with Gasteiger partial charge in [-0.15, -0.1) is 0 Å². The van der Waals surface area contributed by atoms with Gasteiger partial charge in [-0.3, -0.25) is 0 Å². The molecular weight excluding hydrogens is 413 g/mol. The molecule has 0 aliphatic heterocycles. The second-order valence-corrected chi connectivity index (χ2v) is 8.28. The molecule has 1 aromatic heterocycles. The van der Waals surface area contributed by atoms with E-state index >= 15 is 0 Å². The lowest BCUT2D eigenvalue weighted by Crippen LogP contribution is -1.95. The summed E-state index contributed by atoms with van der Waals surface area (Å²) in [6.07, 6.45) is 0. The van der Waals surface area contributed by atoms with E-state index in [1.807, 2.05) is 54.6 Å². The Balaban J connectivity index is 1.77. The Morgan fingerprint density at radius 2 is 1.31 bits per heavy atom. The normalized spacial score (nSPS) is 10.5. The summed E-state index contributed by atoms with van der Waals surface area (Å²) in [7, 11) is 0. The summed E-state index contributed by atoms with van der Waals surface area (Å²) < 4.78 is 13.4. The van der Waals surface area contributed by atoms with Crippen LogP contribution < -0.4 is 0 Å². The van der Waals surface area contributed by atoms with Gasteiger partial charge in [-0.1, -0.05) is 90.3 Å². The summed E-state index contributed by atoms with van der Waals surface area (Å²) in [5.41, 5.74) is 4.70. The highest BCUT2D eigenvalue weighted by atomic mass is 32.2. The summed E-state index contributed by atoms with van der Waals surface area (Å²) in [5.74, 6) is 6.32. The first-order valence-corrected chi connectivity index (χ1v) is 11.1. The van der Waals surface area contributed by atoms with Crippen LogP contribution in [0.3, 0.4) is 0 Å². The number of benzene rings is 4. The highest BCUT2D eigenvalue weighted by Gasteiger charge is 2.16. The number of fused-ring (bicyclic) bond motifs is 1. The average molecular weight is 432 g/mol. The smallest absolute Gasteiger partial charge is 0.123 e. The van der Waals surface area contributed by atoms with Crippen molar-refractivity contribution in [3.05, 3.63) is 126 Å². The van der Waals surface area contributed by atoms with E-state index in [-0.39, 0.29) is 5.82 Å². The van der Waals surface area contributed by atoms with Gasteiger partial charge in [0.05, 0.1) is 11.1 Å². The zero-order valence-electron chi connectivity index (χ0n) is 17.1. The van der Waals surface area contributed by atoms with Crippen molar-refractivity contribution in [2.24, 2.45) is 0 Å². The van der Waals surface area contributed by atoms with E-state index in [0.29, 0.717) is 0 Å². The van der Waals surface area contributed by atoms with E-state index in [1.54, 1.807) is 23.9 Å². The number of nitrogens with zero attached hydrogens (tertiary/aromatic N) is 1. The molecule has 0 spiro atoms. The highest BCUT2D eigenvalue weighted by Crippen LogP contribution is 2.38. The maximum absolute atomic E-state index is 13.4. The minimum Gasteiger partial charge on any atom is -0.240 e. The van der Waals surface area contributed by atoms with Gasteiger partial charge in [0.15, 0.2) is 0 Å². The van der Waals surface area contributed by atoms with Crippen LogP contribution in [0.2, 0.25) is 0 Å². The Labute approximate surface area is 191 Å². The molecule has 152 valence electrons. The summed E-state index contributed by atoms with van der Waals surface area (Å²) >= 11 is 1.60. The molecule has 0 aliphatic carbocycles. The predicted octanol–water partition coefficient (Wildman–Crippen LogP) is 7.59. The number of para-hydroxylation sites is 1. The molecule has 0 N–H and O–H groups in total. The zero-order valence-corrected chi connectivity index (χ0v) is 17.9. The summed E-state index contributed by atoms with van der Waals surface area (Å²) in [6.45, 7) is 0. The number of pyridine rings is 1. The van der Waals surface area contributed by atoms with E-state index in [0.717, 1.165) is 43.1 Å². The standard InChI is InChI=1S/C29H18FNS/c30-23-18-15-21(16-19-23)17-20-26-28(22-9-3-1-4-10-22)25-13-7-8-14-27(25)31-29(26)32-24-11-5-2-6-12-24/h1-16,18-19H. The first-order chi connectivity index (χ1) is 15.8. The van der Waals surface area contributed by atoms with E-state index in [2.05, 4.69) is 42.2 Å². The fourth-order valence-electron chi connectivity index (χ4n) is 3.55. The van der Waals surface area contributed by atoms with Crippen molar-refractivity contribution in [3.63, 3.8) is 0 Å². The fraction of sp³-hybridized carbons (Fsp3) is 0. The number of hydrogen-bond acceptors (Lipinski definition) is 2. The number of aromatic nitrogens is 1. The van der Waals surface area contributed by atoms with Gasteiger partial charge >= 0.3 is 0 Å². The van der Waals surface area contributed by atoms with Crippen molar-refractivity contribution in [1.82, 2.24) is 4.98 Å². The second-order valence-electron chi connectivity index (χ2n) is 7.22. The third kappa shape index (κ3) is 4.27. The summed E-state index contributed by atoms with van der Waals surface area (Å²) in [5, 5.41) is 1.91. The Bertz CT molecular complexity index is 1430. The molecule has 1 nitrogen and oxygen atoms in total. The Hall–Kier alpha value is -3.87. The van der Waals surface area contributed by atoms with Crippen molar-refractivity contribution in [2.45, 2.75) is 9.92 Å². The lowest BCUT2D eigenvalue weighted by atomic mass is 9.96. The Kier molecular flexibility index (Phi) is 5.70. The van der Waals surface area contributed by atoms with Crippen LogP contribution in [-0.2, 0) is 0 Å². The van der Waals surface area contributed by atoms with Gasteiger partial charge in [-0.05, 0) is 48.0 Å². The molecule has 4 aromatic carbocycles. The molecular formula is C29H18FNS. The average Bonchev–Trinajstić information content (AvgIpc) is 2.84. The lowest BCUT2D eigenvalue weighted by molar-refractivity contribution is 0.627. The molecule has 3 heteroatoms. The maximum atomic E-state index is 13.4. The molecule has 0 unspecified atom stereocenters. The van der Waals surface area contributed by atoms with Crippen LogP contribution in [0.4, 0.5) is 4.39 Å². The first kappa shape index (κ1) is 20.1. The van der Waals surface area contributed by atoms with Crippen molar-refractivity contribution in [3.8, 4) is 23.0 Å². The second kappa shape index (κ2) is 9.09. The number of hydrogen-bond donors (Lipinski definition) is 0. The number of halogens is 1. The van der Waals surface area contributed by atoms with Gasteiger partial charge in [0.25, 0.3) is 0 Å². The van der Waals surface area contributed by atoms with Crippen LogP contribution in [0, 0.1) is 17.7 Å². The maximum Gasteiger partial charge on any atom is 0.123 e. The molecule has 0 saturated heterocycles. The van der Waals surface area contributed by atoms with Crippen LogP contribution in [0.1, 0.15) is 11.1 Å². The molecule has 0 amide bonds. The molecule has 0 fully saturated rings. The molecule has 0 radical (unpaired) electrons. The van der Waals surface area contributed by atoms with Gasteiger partial charge < -0.3 is 0 Å². The highest BCUT2D eigenvalue weighted by molar-refractivity contribution is 7.99. The quantitative estimate of drug-likeness (QED) is 0.273. The first-order valence-electron chi connectivity index (χ1n) is 10.3. The van der Waals surface area contributed by atoms with Crippen molar-refractivity contribution < 1.29 is 4.39 Å². The molecule has 5 aromatic rings. The van der Waals surface area contributed by atoms with Crippen molar-refractivity contribution in [2.75, 3.05) is 0 Å². The third-order valence-electron chi connectivity index (χ3n) is 5.06. The topological polar surface area (TPSA) is 12.9 Å². The van der Waals surface area contributed by atoms with Gasteiger partial charge in [-0.2, -0.15) is 0 Å². The molecule has 32 heavy (non-hydrogen) atoms. The minimum absolute atomic E-state index is 0.270. The third-order valence-corrected chi connectivity index (χ3v) is 6.05. The van der Waals surface area contributed by atoms with E-state index < -0.39 is 0 Å². The van der Waals surface area contributed by atoms with Crippen LogP contribution in [0.25, 0.3) is 22.0 Å². The molecule has 1 heterocycles. The van der Waals surface area contributed by atoms with E-state index in [9.17, 15) is 4.39 Å². The minimum atomic E-state index is -0.270.